The normalized spacial score (nSPS) is 12.4. The number of benzene rings is 1. The van der Waals surface area contributed by atoms with Crippen LogP contribution in [0.1, 0.15) is 11.6 Å². The lowest BCUT2D eigenvalue weighted by Gasteiger charge is -2.14. The molecule has 0 aliphatic rings. The maximum atomic E-state index is 13.5. The van der Waals surface area contributed by atoms with Gasteiger partial charge in [0.2, 0.25) is 0 Å². The Balaban J connectivity index is 2.28. The number of rotatable bonds is 3. The topological polar surface area (TPSA) is 48.0 Å². The Labute approximate surface area is 102 Å². The largest absolute Gasteiger partial charge is 0.322 e. The van der Waals surface area contributed by atoms with Crippen molar-refractivity contribution in [2.45, 2.75) is 12.6 Å². The van der Waals surface area contributed by atoms with Gasteiger partial charge < -0.3 is 10.3 Å². The van der Waals surface area contributed by atoms with Gasteiger partial charge in [-0.25, -0.2) is 8.78 Å². The van der Waals surface area contributed by atoms with Gasteiger partial charge in [-0.1, -0.05) is 18.2 Å². The van der Waals surface area contributed by atoms with Crippen molar-refractivity contribution in [1.29, 1.82) is 0 Å². The third-order valence-electron chi connectivity index (χ3n) is 2.67. The van der Waals surface area contributed by atoms with E-state index in [-0.39, 0.29) is 17.7 Å². The standard InChI is InChI=1S/C13H12F2N2O/c14-10-5-3-4-9(13(10)15)11(16)8-17-7-2-1-6-12(17)18/h1-7,11H,8,16H2. The van der Waals surface area contributed by atoms with E-state index in [0.29, 0.717) is 0 Å². The first-order valence-electron chi connectivity index (χ1n) is 5.44. The quantitative estimate of drug-likeness (QED) is 0.903. The molecule has 1 atom stereocenters. The van der Waals surface area contributed by atoms with Crippen LogP contribution in [0.4, 0.5) is 8.78 Å². The zero-order chi connectivity index (χ0) is 13.1. The summed E-state index contributed by atoms with van der Waals surface area (Å²) in [5, 5.41) is 0. The average Bonchev–Trinajstić information content (AvgIpc) is 2.35. The molecule has 0 bridgehead atoms. The van der Waals surface area contributed by atoms with Crippen molar-refractivity contribution in [3.63, 3.8) is 0 Å². The second-order valence-corrected chi connectivity index (χ2v) is 3.94. The van der Waals surface area contributed by atoms with Crippen LogP contribution < -0.4 is 11.3 Å². The van der Waals surface area contributed by atoms with E-state index in [4.69, 9.17) is 5.73 Å². The maximum absolute atomic E-state index is 13.5. The second kappa shape index (κ2) is 5.10. The lowest BCUT2D eigenvalue weighted by atomic mass is 10.1. The molecule has 0 aliphatic heterocycles. The highest BCUT2D eigenvalue weighted by Crippen LogP contribution is 2.18. The molecule has 0 radical (unpaired) electrons. The molecule has 2 aromatic rings. The smallest absolute Gasteiger partial charge is 0.250 e. The van der Waals surface area contributed by atoms with Crippen molar-refractivity contribution in [2.24, 2.45) is 5.73 Å². The predicted molar refractivity (Wildman–Crippen MR) is 64.0 cm³/mol. The van der Waals surface area contributed by atoms with Crippen molar-refractivity contribution in [3.8, 4) is 0 Å². The summed E-state index contributed by atoms with van der Waals surface area (Å²) in [4.78, 5) is 11.5. The summed E-state index contributed by atoms with van der Waals surface area (Å²) in [6.07, 6.45) is 1.55. The summed E-state index contributed by atoms with van der Waals surface area (Å²) < 4.78 is 27.9. The van der Waals surface area contributed by atoms with Crippen LogP contribution >= 0.6 is 0 Å². The van der Waals surface area contributed by atoms with E-state index >= 15 is 0 Å². The number of nitrogens with zero attached hydrogens (tertiary/aromatic N) is 1. The Hall–Kier alpha value is -2.01. The van der Waals surface area contributed by atoms with E-state index < -0.39 is 17.7 Å². The van der Waals surface area contributed by atoms with Crippen LogP contribution in [0.15, 0.2) is 47.4 Å². The monoisotopic (exact) mass is 250 g/mol. The van der Waals surface area contributed by atoms with Gasteiger partial charge in [0.25, 0.3) is 5.56 Å². The molecule has 0 saturated carbocycles. The van der Waals surface area contributed by atoms with Crippen LogP contribution in [0.25, 0.3) is 0 Å². The van der Waals surface area contributed by atoms with Gasteiger partial charge in [0.1, 0.15) is 0 Å². The molecule has 0 spiro atoms. The van der Waals surface area contributed by atoms with E-state index in [1.165, 1.54) is 22.8 Å². The highest BCUT2D eigenvalue weighted by Gasteiger charge is 2.15. The van der Waals surface area contributed by atoms with Gasteiger partial charge in [0.15, 0.2) is 11.6 Å². The molecule has 3 nitrogen and oxygen atoms in total. The minimum Gasteiger partial charge on any atom is -0.322 e. The van der Waals surface area contributed by atoms with Gasteiger partial charge in [0, 0.05) is 24.4 Å². The number of aromatic nitrogens is 1. The lowest BCUT2D eigenvalue weighted by molar-refractivity contribution is 0.472. The molecule has 5 heteroatoms. The molecule has 1 aromatic heterocycles. The van der Waals surface area contributed by atoms with Gasteiger partial charge in [-0.15, -0.1) is 0 Å². The molecule has 2 rings (SSSR count). The molecule has 2 N–H and O–H groups in total. The van der Waals surface area contributed by atoms with E-state index in [1.807, 2.05) is 0 Å². The van der Waals surface area contributed by atoms with Crippen LogP contribution in [-0.4, -0.2) is 4.57 Å². The van der Waals surface area contributed by atoms with Crippen molar-refractivity contribution in [1.82, 2.24) is 4.57 Å². The Morgan fingerprint density at radius 1 is 1.17 bits per heavy atom. The molecule has 0 saturated heterocycles. The molecule has 0 aliphatic carbocycles. The van der Waals surface area contributed by atoms with E-state index in [0.717, 1.165) is 6.07 Å². The Kier molecular flexibility index (Phi) is 3.53. The van der Waals surface area contributed by atoms with Crippen molar-refractivity contribution in [2.75, 3.05) is 0 Å². The van der Waals surface area contributed by atoms with Crippen molar-refractivity contribution < 1.29 is 8.78 Å². The zero-order valence-corrected chi connectivity index (χ0v) is 9.51. The van der Waals surface area contributed by atoms with Crippen LogP contribution in [0.5, 0.6) is 0 Å². The van der Waals surface area contributed by atoms with Gasteiger partial charge in [0.05, 0.1) is 6.04 Å². The minimum atomic E-state index is -0.964. The average molecular weight is 250 g/mol. The van der Waals surface area contributed by atoms with Gasteiger partial charge in [-0.3, -0.25) is 4.79 Å². The highest BCUT2D eigenvalue weighted by atomic mass is 19.2. The van der Waals surface area contributed by atoms with Crippen LogP contribution in [0, 0.1) is 11.6 Å². The first kappa shape index (κ1) is 12.4. The molecular formula is C13H12F2N2O. The summed E-state index contributed by atoms with van der Waals surface area (Å²) in [5.74, 6) is -1.91. The van der Waals surface area contributed by atoms with Crippen LogP contribution in [0.2, 0.25) is 0 Å². The predicted octanol–water partition coefficient (Wildman–Crippen LogP) is 1.83. The van der Waals surface area contributed by atoms with Crippen LogP contribution in [-0.2, 0) is 6.54 Å². The second-order valence-electron chi connectivity index (χ2n) is 3.94. The fraction of sp³-hybridized carbons (Fsp3) is 0.154. The Morgan fingerprint density at radius 3 is 2.67 bits per heavy atom. The number of pyridine rings is 1. The third-order valence-corrected chi connectivity index (χ3v) is 2.67. The maximum Gasteiger partial charge on any atom is 0.250 e. The summed E-state index contributed by atoms with van der Waals surface area (Å²) in [7, 11) is 0. The molecule has 18 heavy (non-hydrogen) atoms. The highest BCUT2D eigenvalue weighted by molar-refractivity contribution is 5.22. The van der Waals surface area contributed by atoms with Crippen LogP contribution in [0.3, 0.4) is 0 Å². The summed E-state index contributed by atoms with van der Waals surface area (Å²) >= 11 is 0. The van der Waals surface area contributed by atoms with Gasteiger partial charge in [-0.2, -0.15) is 0 Å². The fourth-order valence-electron chi connectivity index (χ4n) is 1.73. The summed E-state index contributed by atoms with van der Waals surface area (Å²) in [5.41, 5.74) is 5.63. The molecule has 0 amide bonds. The zero-order valence-electron chi connectivity index (χ0n) is 9.51. The molecule has 94 valence electrons. The first-order chi connectivity index (χ1) is 8.59. The molecule has 1 aromatic carbocycles. The van der Waals surface area contributed by atoms with Gasteiger partial charge in [-0.05, 0) is 12.1 Å². The van der Waals surface area contributed by atoms with Crippen molar-refractivity contribution >= 4 is 0 Å². The number of hydrogen-bond donors (Lipinski definition) is 1. The van der Waals surface area contributed by atoms with Gasteiger partial charge >= 0.3 is 0 Å². The number of nitrogens with two attached hydrogens (primary N) is 1. The molecule has 1 unspecified atom stereocenters. The first-order valence-corrected chi connectivity index (χ1v) is 5.44. The molecular weight excluding hydrogens is 238 g/mol. The number of halogens is 2. The molecule has 1 heterocycles. The minimum absolute atomic E-state index is 0.0609. The Morgan fingerprint density at radius 2 is 1.94 bits per heavy atom. The van der Waals surface area contributed by atoms with E-state index in [9.17, 15) is 13.6 Å². The van der Waals surface area contributed by atoms with Crippen molar-refractivity contribution in [3.05, 3.63) is 70.1 Å². The Bertz CT molecular complexity index is 610. The van der Waals surface area contributed by atoms with E-state index in [1.54, 1.807) is 18.3 Å². The molecule has 0 fully saturated rings. The summed E-state index contributed by atoms with van der Waals surface area (Å²) in [6.45, 7) is 0.0973. The third kappa shape index (κ3) is 2.46. The van der Waals surface area contributed by atoms with E-state index in [2.05, 4.69) is 0 Å². The summed E-state index contributed by atoms with van der Waals surface area (Å²) in [6, 6.07) is 7.72. The lowest BCUT2D eigenvalue weighted by Crippen LogP contribution is -2.26. The SMILES string of the molecule is NC(Cn1ccccc1=O)c1cccc(F)c1F. The fourth-order valence-corrected chi connectivity index (χ4v) is 1.73. The number of hydrogen-bond acceptors (Lipinski definition) is 2.